The van der Waals surface area contributed by atoms with Crippen LogP contribution in [-0.2, 0) is 0 Å². The van der Waals surface area contributed by atoms with Crippen molar-refractivity contribution >= 4 is 34.8 Å². The smallest absolute Gasteiger partial charge is 0.258 e. The van der Waals surface area contributed by atoms with E-state index in [-0.39, 0.29) is 17.7 Å². The van der Waals surface area contributed by atoms with Gasteiger partial charge in [-0.15, -0.1) is 0 Å². The highest BCUT2D eigenvalue weighted by Gasteiger charge is 2.44. The molecule has 0 spiro atoms. The summed E-state index contributed by atoms with van der Waals surface area (Å²) in [5, 5.41) is 9.43. The summed E-state index contributed by atoms with van der Waals surface area (Å²) in [4.78, 5) is 12.3. The monoisotopic (exact) mass is 333 g/mol. The number of carbonyl (C=O) groups is 1. The Morgan fingerprint density at radius 3 is 2.82 bits per heavy atom. The summed E-state index contributed by atoms with van der Waals surface area (Å²) in [6, 6.07) is 5.99. The Labute approximate surface area is 137 Å². The van der Waals surface area contributed by atoms with Crippen LogP contribution in [0.15, 0.2) is 40.7 Å². The van der Waals surface area contributed by atoms with Gasteiger partial charge in [-0.3, -0.25) is 9.89 Å². The predicted molar refractivity (Wildman–Crippen MR) is 86.4 cm³/mol. The lowest BCUT2D eigenvalue weighted by Gasteiger charge is -2.18. The van der Waals surface area contributed by atoms with Gasteiger partial charge in [0.25, 0.3) is 5.91 Å². The van der Waals surface area contributed by atoms with Crippen LogP contribution < -0.4 is 5.32 Å². The number of amides is 1. The number of benzene rings is 1. The first-order valence-corrected chi connectivity index (χ1v) is 7.90. The van der Waals surface area contributed by atoms with Gasteiger partial charge in [-0.05, 0) is 35.6 Å². The molecule has 22 heavy (non-hydrogen) atoms. The van der Waals surface area contributed by atoms with Crippen LogP contribution in [0.5, 0.6) is 0 Å². The fourth-order valence-electron chi connectivity index (χ4n) is 3.73. The highest BCUT2D eigenvalue weighted by molar-refractivity contribution is 6.56. The lowest BCUT2D eigenvalue weighted by atomic mass is 9.90. The number of H-pyrrole nitrogens is 1. The van der Waals surface area contributed by atoms with Crippen LogP contribution in [0.25, 0.3) is 0 Å². The molecule has 2 atom stereocenters. The van der Waals surface area contributed by atoms with E-state index >= 15 is 0 Å². The maximum absolute atomic E-state index is 12.3. The molecule has 0 saturated heterocycles. The van der Waals surface area contributed by atoms with Crippen molar-refractivity contribution in [3.63, 3.8) is 0 Å². The number of fused-ring (bicyclic) bond motifs is 5. The molecule has 6 heteroatoms. The fourth-order valence-corrected chi connectivity index (χ4v) is 4.25. The zero-order valence-electron chi connectivity index (χ0n) is 11.6. The lowest BCUT2D eigenvalue weighted by Crippen LogP contribution is -2.14. The molecule has 1 amide bonds. The Morgan fingerprint density at radius 2 is 2.09 bits per heavy atom. The summed E-state index contributed by atoms with van der Waals surface area (Å²) in [7, 11) is 0. The quantitative estimate of drug-likeness (QED) is 0.859. The highest BCUT2D eigenvalue weighted by Crippen LogP contribution is 2.60. The van der Waals surface area contributed by atoms with E-state index in [0.717, 1.165) is 29.7 Å². The first kappa shape index (κ1) is 13.9. The average Bonchev–Trinajstić information content (AvgIpc) is 3.22. The third kappa shape index (κ3) is 1.98. The number of rotatable bonds is 2. The van der Waals surface area contributed by atoms with Crippen LogP contribution >= 0.6 is 23.2 Å². The first-order valence-electron chi connectivity index (χ1n) is 7.15. The molecule has 2 bridgehead atoms. The number of hydrogen-bond donors (Lipinski definition) is 2. The topological polar surface area (TPSA) is 57.8 Å². The summed E-state index contributed by atoms with van der Waals surface area (Å²) in [6.45, 7) is 0. The van der Waals surface area contributed by atoms with E-state index in [1.807, 2.05) is 12.1 Å². The summed E-state index contributed by atoms with van der Waals surface area (Å²) in [5.41, 5.74) is 4.83. The van der Waals surface area contributed by atoms with E-state index < -0.39 is 0 Å². The summed E-state index contributed by atoms with van der Waals surface area (Å²) >= 11 is 12.2. The molecule has 2 aliphatic rings. The largest absolute Gasteiger partial charge is 0.322 e. The van der Waals surface area contributed by atoms with Gasteiger partial charge in [-0.1, -0.05) is 35.3 Å². The minimum absolute atomic E-state index is 0.174. The molecule has 4 rings (SSSR count). The first-order chi connectivity index (χ1) is 10.7. The van der Waals surface area contributed by atoms with E-state index in [1.165, 1.54) is 11.8 Å². The number of nitrogens with one attached hydrogen (secondary N) is 2. The highest BCUT2D eigenvalue weighted by atomic mass is 35.5. The molecule has 112 valence electrons. The van der Waals surface area contributed by atoms with Crippen molar-refractivity contribution in [3.8, 4) is 0 Å². The standard InChI is InChI=1S/C16H13Cl2N3O/c17-15(18)14-10-4-5-11(14)13-9(10)2-1-3-12(13)21-16(22)8-6-19-20-7-8/h1-3,6-7,10-11H,4-5H2,(H,19,20)(H,21,22). The third-order valence-corrected chi connectivity index (χ3v) is 5.02. The Balaban J connectivity index is 1.74. The molecule has 1 saturated carbocycles. The van der Waals surface area contributed by atoms with Gasteiger partial charge in [-0.2, -0.15) is 5.10 Å². The molecular weight excluding hydrogens is 321 g/mol. The molecule has 1 aromatic carbocycles. The minimum Gasteiger partial charge on any atom is -0.322 e. The van der Waals surface area contributed by atoms with Crippen molar-refractivity contribution in [1.29, 1.82) is 0 Å². The van der Waals surface area contributed by atoms with Gasteiger partial charge in [0.2, 0.25) is 0 Å². The second kappa shape index (κ2) is 5.14. The van der Waals surface area contributed by atoms with E-state index in [4.69, 9.17) is 23.2 Å². The van der Waals surface area contributed by atoms with Crippen molar-refractivity contribution in [2.24, 2.45) is 0 Å². The van der Waals surface area contributed by atoms with E-state index in [0.29, 0.717) is 10.1 Å². The molecule has 0 radical (unpaired) electrons. The van der Waals surface area contributed by atoms with Crippen LogP contribution in [0, 0.1) is 0 Å². The summed E-state index contributed by atoms with van der Waals surface area (Å²) in [5.74, 6) is 0.328. The van der Waals surface area contributed by atoms with Gasteiger partial charge in [-0.25, -0.2) is 0 Å². The molecular formula is C16H13Cl2N3O. The Kier molecular flexibility index (Phi) is 3.24. The van der Waals surface area contributed by atoms with Crippen LogP contribution in [0.1, 0.15) is 46.2 Å². The molecule has 1 fully saturated rings. The number of carbonyl (C=O) groups excluding carboxylic acids is 1. The zero-order chi connectivity index (χ0) is 15.3. The zero-order valence-corrected chi connectivity index (χ0v) is 13.1. The number of allylic oxidation sites excluding steroid dienone is 1. The second-order valence-electron chi connectivity index (χ2n) is 5.65. The average molecular weight is 334 g/mol. The maximum atomic E-state index is 12.3. The van der Waals surface area contributed by atoms with Crippen LogP contribution in [-0.4, -0.2) is 16.1 Å². The van der Waals surface area contributed by atoms with Gasteiger partial charge in [0.1, 0.15) is 4.49 Å². The Morgan fingerprint density at radius 1 is 1.27 bits per heavy atom. The van der Waals surface area contributed by atoms with Gasteiger partial charge < -0.3 is 5.32 Å². The molecule has 1 heterocycles. The fraction of sp³-hybridized carbons (Fsp3) is 0.250. The summed E-state index contributed by atoms with van der Waals surface area (Å²) < 4.78 is 0.371. The van der Waals surface area contributed by atoms with Gasteiger partial charge in [0.15, 0.2) is 0 Å². The molecule has 2 aromatic rings. The number of hydrogen-bond acceptors (Lipinski definition) is 2. The van der Waals surface area contributed by atoms with Gasteiger partial charge in [0.05, 0.1) is 11.8 Å². The second-order valence-corrected chi connectivity index (χ2v) is 6.60. The predicted octanol–water partition coefficient (Wildman–Crippen LogP) is 4.33. The van der Waals surface area contributed by atoms with E-state index in [1.54, 1.807) is 6.20 Å². The van der Waals surface area contributed by atoms with Crippen molar-refractivity contribution in [1.82, 2.24) is 10.2 Å². The number of aromatic nitrogens is 2. The molecule has 2 N–H and O–H groups in total. The van der Waals surface area contributed by atoms with Crippen molar-refractivity contribution in [2.45, 2.75) is 24.7 Å². The lowest BCUT2D eigenvalue weighted by molar-refractivity contribution is 0.102. The molecule has 2 aliphatic carbocycles. The number of aromatic amines is 1. The van der Waals surface area contributed by atoms with Crippen molar-refractivity contribution < 1.29 is 4.79 Å². The molecule has 0 aliphatic heterocycles. The minimum atomic E-state index is -0.174. The number of halogens is 2. The third-order valence-electron chi connectivity index (χ3n) is 4.59. The number of anilines is 1. The SMILES string of the molecule is O=C(Nc1cccc2c1C1CCC2C1=C(Cl)Cl)c1cn[nH]c1. The van der Waals surface area contributed by atoms with Crippen LogP contribution in [0.3, 0.4) is 0 Å². The normalized spacial score (nSPS) is 21.8. The van der Waals surface area contributed by atoms with Crippen LogP contribution in [0.4, 0.5) is 5.69 Å². The van der Waals surface area contributed by atoms with E-state index in [9.17, 15) is 4.79 Å². The molecule has 4 nitrogen and oxygen atoms in total. The van der Waals surface area contributed by atoms with Gasteiger partial charge >= 0.3 is 0 Å². The van der Waals surface area contributed by atoms with Crippen molar-refractivity contribution in [3.05, 3.63) is 57.3 Å². The Hall–Kier alpha value is -1.78. The maximum Gasteiger partial charge on any atom is 0.258 e. The number of nitrogens with zero attached hydrogens (tertiary/aromatic N) is 1. The molecule has 1 aromatic heterocycles. The molecule has 2 unspecified atom stereocenters. The summed E-state index contributed by atoms with van der Waals surface area (Å²) in [6.07, 6.45) is 5.17. The van der Waals surface area contributed by atoms with E-state index in [2.05, 4.69) is 21.6 Å². The van der Waals surface area contributed by atoms with Crippen LogP contribution in [0.2, 0.25) is 0 Å². The van der Waals surface area contributed by atoms with Gasteiger partial charge in [0, 0.05) is 23.7 Å². The Bertz CT molecular complexity index is 779. The van der Waals surface area contributed by atoms with Crippen molar-refractivity contribution in [2.75, 3.05) is 5.32 Å².